The molecule has 4 rings (SSSR count). The molecule has 0 aromatic heterocycles. The van der Waals surface area contributed by atoms with Gasteiger partial charge in [-0.25, -0.2) is 0 Å². The lowest BCUT2D eigenvalue weighted by Crippen LogP contribution is -2.53. The zero-order valence-electron chi connectivity index (χ0n) is 19.8. The Morgan fingerprint density at radius 2 is 1.56 bits per heavy atom. The van der Waals surface area contributed by atoms with Gasteiger partial charge in [-0.3, -0.25) is 4.79 Å². The van der Waals surface area contributed by atoms with Crippen molar-refractivity contribution < 1.29 is 9.90 Å². The van der Waals surface area contributed by atoms with E-state index in [4.69, 9.17) is 0 Å². The summed E-state index contributed by atoms with van der Waals surface area (Å²) in [4.78, 5) is 12.7. The maximum absolute atomic E-state index is 12.7. The van der Waals surface area contributed by atoms with E-state index in [1.165, 1.54) is 42.6 Å². The van der Waals surface area contributed by atoms with Crippen LogP contribution in [0.25, 0.3) is 0 Å². The summed E-state index contributed by atoms with van der Waals surface area (Å²) in [6, 6.07) is 28.5. The Kier molecular flexibility index (Phi) is 7.72. The molecule has 4 heteroatoms. The van der Waals surface area contributed by atoms with Crippen molar-refractivity contribution in [2.75, 3.05) is 0 Å². The molecular formula is C28H40O2Si2. The molecule has 0 aliphatic carbocycles. The third-order valence-corrected chi connectivity index (χ3v) is 17.6. The SMILES string of the molecule is CCCCC[Si]1(c2ccccc2)CCC(C2(C(=O)O)CC[SiH](c3ccccc3)CC2)CC1. The van der Waals surface area contributed by atoms with Gasteiger partial charge in [-0.15, -0.1) is 0 Å². The minimum atomic E-state index is -1.52. The third-order valence-electron chi connectivity index (χ3n) is 8.94. The van der Waals surface area contributed by atoms with Gasteiger partial charge >= 0.3 is 5.97 Å². The summed E-state index contributed by atoms with van der Waals surface area (Å²) in [5.74, 6) is -0.121. The smallest absolute Gasteiger partial charge is 0.309 e. The summed E-state index contributed by atoms with van der Waals surface area (Å²) in [7, 11) is -2.53. The number of hydrogen-bond acceptors (Lipinski definition) is 1. The number of carbonyl (C=O) groups is 1. The van der Waals surface area contributed by atoms with Crippen LogP contribution in [0.5, 0.6) is 0 Å². The summed E-state index contributed by atoms with van der Waals surface area (Å²) in [6.45, 7) is 2.29. The summed E-state index contributed by atoms with van der Waals surface area (Å²) < 4.78 is 0. The van der Waals surface area contributed by atoms with Crippen LogP contribution >= 0.6 is 0 Å². The molecule has 2 heterocycles. The Bertz CT molecular complexity index is 852. The van der Waals surface area contributed by atoms with Gasteiger partial charge < -0.3 is 5.11 Å². The molecule has 0 saturated carbocycles. The quantitative estimate of drug-likeness (QED) is 0.388. The van der Waals surface area contributed by atoms with Crippen molar-refractivity contribution >= 4 is 33.2 Å². The zero-order chi connectivity index (χ0) is 22.4. The maximum Gasteiger partial charge on any atom is 0.309 e. The molecule has 2 aliphatic heterocycles. The van der Waals surface area contributed by atoms with Crippen LogP contribution in [0.2, 0.25) is 30.2 Å². The molecule has 0 unspecified atom stereocenters. The molecule has 32 heavy (non-hydrogen) atoms. The highest BCUT2D eigenvalue weighted by atomic mass is 28.3. The number of rotatable bonds is 8. The lowest BCUT2D eigenvalue weighted by molar-refractivity contribution is -0.154. The molecule has 1 N–H and O–H groups in total. The Balaban J connectivity index is 1.47. The van der Waals surface area contributed by atoms with Gasteiger partial charge in [0.1, 0.15) is 0 Å². The standard InChI is InChI=1S/C28H40O2Si2/c1-2-3-10-21-32(26-13-8-5-9-14-26)22-15-24(16-23-32)28(27(29)30)17-19-31(20-18-28)25-11-6-4-7-12-25/h4-9,11-14,24,31H,2-3,10,15-23H2,1H3,(H,29,30). The first-order valence-electron chi connectivity index (χ1n) is 12.9. The molecule has 0 atom stereocenters. The van der Waals surface area contributed by atoms with E-state index in [2.05, 4.69) is 67.6 Å². The van der Waals surface area contributed by atoms with E-state index in [-0.39, 0.29) is 0 Å². The number of unbranched alkanes of at least 4 members (excludes halogenated alkanes) is 2. The summed E-state index contributed by atoms with van der Waals surface area (Å²) in [5, 5.41) is 13.6. The lowest BCUT2D eigenvalue weighted by atomic mass is 9.68. The van der Waals surface area contributed by atoms with E-state index in [1.807, 2.05) is 0 Å². The maximum atomic E-state index is 12.7. The highest BCUT2D eigenvalue weighted by Crippen LogP contribution is 2.51. The third kappa shape index (κ3) is 4.81. The normalized spacial score (nSPS) is 30.7. The zero-order valence-corrected chi connectivity index (χ0v) is 21.9. The van der Waals surface area contributed by atoms with Crippen molar-refractivity contribution in [1.29, 1.82) is 0 Å². The van der Waals surface area contributed by atoms with Crippen LogP contribution in [-0.4, -0.2) is 27.9 Å². The molecule has 2 aromatic rings. The number of benzene rings is 2. The average molecular weight is 465 g/mol. The molecule has 2 saturated heterocycles. The first-order chi connectivity index (χ1) is 15.6. The molecule has 0 radical (unpaired) electrons. The van der Waals surface area contributed by atoms with Crippen molar-refractivity contribution in [2.45, 2.75) is 82.1 Å². The second-order valence-electron chi connectivity index (χ2n) is 10.5. The van der Waals surface area contributed by atoms with Crippen molar-refractivity contribution in [2.24, 2.45) is 11.3 Å². The second-order valence-corrected chi connectivity index (χ2v) is 18.4. The first-order valence-corrected chi connectivity index (χ1v) is 17.8. The largest absolute Gasteiger partial charge is 0.481 e. The minimum Gasteiger partial charge on any atom is -0.481 e. The molecular weight excluding hydrogens is 424 g/mol. The van der Waals surface area contributed by atoms with E-state index in [0.717, 1.165) is 37.8 Å². The molecule has 2 fully saturated rings. The molecule has 172 valence electrons. The van der Waals surface area contributed by atoms with E-state index < -0.39 is 28.3 Å². The number of aliphatic carboxylic acids is 1. The summed E-state index contributed by atoms with van der Waals surface area (Å²) >= 11 is 0. The van der Waals surface area contributed by atoms with E-state index in [1.54, 1.807) is 5.19 Å². The van der Waals surface area contributed by atoms with Crippen LogP contribution in [0.15, 0.2) is 60.7 Å². The number of carboxylic acids is 1. The van der Waals surface area contributed by atoms with Crippen LogP contribution in [0.3, 0.4) is 0 Å². The number of carboxylic acid groups (broad SMARTS) is 1. The highest BCUT2D eigenvalue weighted by molar-refractivity contribution is 6.92. The van der Waals surface area contributed by atoms with Crippen molar-refractivity contribution in [3.05, 3.63) is 60.7 Å². The van der Waals surface area contributed by atoms with Gasteiger partial charge in [-0.1, -0.05) is 140 Å². The van der Waals surface area contributed by atoms with Gasteiger partial charge in [0.05, 0.1) is 22.3 Å². The van der Waals surface area contributed by atoms with Crippen molar-refractivity contribution in [1.82, 2.24) is 0 Å². The first kappa shape index (κ1) is 23.5. The minimum absolute atomic E-state index is 0.376. The lowest BCUT2D eigenvalue weighted by Gasteiger charge is -2.48. The predicted molar refractivity (Wildman–Crippen MR) is 141 cm³/mol. The summed E-state index contributed by atoms with van der Waals surface area (Å²) in [5.41, 5.74) is -0.459. The topological polar surface area (TPSA) is 37.3 Å². The Morgan fingerprint density at radius 1 is 0.969 bits per heavy atom. The Morgan fingerprint density at radius 3 is 2.12 bits per heavy atom. The van der Waals surface area contributed by atoms with Crippen LogP contribution < -0.4 is 10.4 Å². The predicted octanol–water partition coefficient (Wildman–Crippen LogP) is 5.94. The monoisotopic (exact) mass is 464 g/mol. The molecule has 2 aromatic carbocycles. The van der Waals surface area contributed by atoms with Crippen molar-refractivity contribution in [3.8, 4) is 0 Å². The van der Waals surface area contributed by atoms with E-state index in [9.17, 15) is 9.90 Å². The Labute approximate surface area is 197 Å². The van der Waals surface area contributed by atoms with Gasteiger partial charge in [-0.2, -0.15) is 0 Å². The fraction of sp³-hybridized carbons (Fsp3) is 0.536. The van der Waals surface area contributed by atoms with Gasteiger partial charge in [0.25, 0.3) is 0 Å². The van der Waals surface area contributed by atoms with Crippen LogP contribution in [0.1, 0.15) is 51.9 Å². The number of hydrogen-bond donors (Lipinski definition) is 1. The van der Waals surface area contributed by atoms with Crippen molar-refractivity contribution in [3.63, 3.8) is 0 Å². The van der Waals surface area contributed by atoms with Gasteiger partial charge in [0.2, 0.25) is 0 Å². The summed E-state index contributed by atoms with van der Waals surface area (Å²) in [6.07, 6.45) is 8.04. The van der Waals surface area contributed by atoms with Crippen LogP contribution in [-0.2, 0) is 4.79 Å². The molecule has 2 nitrogen and oxygen atoms in total. The fourth-order valence-electron chi connectivity index (χ4n) is 6.90. The highest BCUT2D eigenvalue weighted by Gasteiger charge is 2.51. The second kappa shape index (κ2) is 10.5. The van der Waals surface area contributed by atoms with Gasteiger partial charge in [-0.05, 0) is 18.8 Å². The Hall–Kier alpha value is -1.66. The molecule has 0 spiro atoms. The van der Waals surface area contributed by atoms with Crippen LogP contribution in [0, 0.1) is 11.3 Å². The van der Waals surface area contributed by atoms with Gasteiger partial charge in [0, 0.05) is 0 Å². The van der Waals surface area contributed by atoms with Gasteiger partial charge in [0.15, 0.2) is 0 Å². The average Bonchev–Trinajstić information content (AvgIpc) is 2.86. The molecule has 0 bridgehead atoms. The van der Waals surface area contributed by atoms with E-state index in [0.29, 0.717) is 5.92 Å². The van der Waals surface area contributed by atoms with E-state index >= 15 is 0 Å². The molecule has 2 aliphatic rings. The fourth-order valence-corrected chi connectivity index (χ4v) is 15.6. The van der Waals surface area contributed by atoms with Crippen LogP contribution in [0.4, 0.5) is 0 Å². The molecule has 0 amide bonds.